The summed E-state index contributed by atoms with van der Waals surface area (Å²) in [4.78, 5) is 12.0. The Bertz CT molecular complexity index is 569. The molecule has 2 aromatic rings. The van der Waals surface area contributed by atoms with E-state index in [1.54, 1.807) is 24.0 Å². The third-order valence-corrected chi connectivity index (χ3v) is 2.91. The molecule has 0 aliphatic heterocycles. The Morgan fingerprint density at radius 2 is 1.94 bits per heavy atom. The number of carbonyl (C=O) groups excluding carboxylic acids is 1. The van der Waals surface area contributed by atoms with E-state index in [-0.39, 0.29) is 21.5 Å². The van der Waals surface area contributed by atoms with Crippen LogP contribution in [0.25, 0.3) is 0 Å². The van der Waals surface area contributed by atoms with Gasteiger partial charge in [-0.1, -0.05) is 23.2 Å². The first kappa shape index (κ1) is 12.0. The van der Waals surface area contributed by atoms with Crippen molar-refractivity contribution in [3.05, 3.63) is 45.7 Å². The number of carbonyl (C=O) groups is 1. The highest BCUT2D eigenvalue weighted by molar-refractivity contribution is 6.39. The number of nitrogens with two attached hydrogens (primary N) is 1. The fourth-order valence-corrected chi connectivity index (χ4v) is 1.89. The van der Waals surface area contributed by atoms with Crippen molar-refractivity contribution in [3.8, 4) is 0 Å². The normalized spacial score (nSPS) is 10.5. The van der Waals surface area contributed by atoms with Crippen LogP contribution in [0.15, 0.2) is 24.4 Å². The van der Waals surface area contributed by atoms with E-state index >= 15 is 0 Å². The standard InChI is InChI=1S/C11H9Cl2N3O/c1-16-3-2-9(15-16)11(17)6-4-7(12)10(14)8(13)5-6/h2-5H,14H2,1H3. The molecule has 2 rings (SSSR count). The fourth-order valence-electron chi connectivity index (χ4n) is 1.40. The van der Waals surface area contributed by atoms with Crippen LogP contribution in [0.4, 0.5) is 5.69 Å². The molecule has 0 bridgehead atoms. The summed E-state index contributed by atoms with van der Waals surface area (Å²) >= 11 is 11.7. The van der Waals surface area contributed by atoms with Crippen molar-refractivity contribution in [2.75, 3.05) is 5.73 Å². The third kappa shape index (κ3) is 2.28. The van der Waals surface area contributed by atoms with Crippen molar-refractivity contribution >= 4 is 34.7 Å². The zero-order valence-corrected chi connectivity index (χ0v) is 10.5. The van der Waals surface area contributed by atoms with Gasteiger partial charge < -0.3 is 5.73 Å². The second-order valence-electron chi connectivity index (χ2n) is 3.56. The van der Waals surface area contributed by atoms with E-state index < -0.39 is 0 Å². The van der Waals surface area contributed by atoms with Gasteiger partial charge in [-0.15, -0.1) is 0 Å². The summed E-state index contributed by atoms with van der Waals surface area (Å²) in [6.07, 6.45) is 1.69. The maximum atomic E-state index is 12.0. The summed E-state index contributed by atoms with van der Waals surface area (Å²) in [6, 6.07) is 4.60. The van der Waals surface area contributed by atoms with Gasteiger partial charge in [-0.3, -0.25) is 9.48 Å². The van der Waals surface area contributed by atoms with Gasteiger partial charge in [0.1, 0.15) is 5.69 Å². The lowest BCUT2D eigenvalue weighted by Crippen LogP contribution is -2.04. The van der Waals surface area contributed by atoms with Crippen LogP contribution >= 0.6 is 23.2 Å². The second-order valence-corrected chi connectivity index (χ2v) is 4.37. The largest absolute Gasteiger partial charge is 0.396 e. The van der Waals surface area contributed by atoms with Crippen LogP contribution in [-0.2, 0) is 7.05 Å². The number of nitrogens with zero attached hydrogens (tertiary/aromatic N) is 2. The molecular formula is C11H9Cl2N3O. The molecule has 0 fully saturated rings. The van der Waals surface area contributed by atoms with Crippen LogP contribution in [0.5, 0.6) is 0 Å². The molecule has 0 saturated heterocycles. The van der Waals surface area contributed by atoms with Crippen LogP contribution in [0.3, 0.4) is 0 Å². The van der Waals surface area contributed by atoms with E-state index in [4.69, 9.17) is 28.9 Å². The molecule has 17 heavy (non-hydrogen) atoms. The van der Waals surface area contributed by atoms with E-state index in [2.05, 4.69) is 5.10 Å². The molecule has 0 radical (unpaired) electrons. The number of hydrogen-bond acceptors (Lipinski definition) is 3. The number of ketones is 1. The average Bonchev–Trinajstić information content (AvgIpc) is 2.71. The monoisotopic (exact) mass is 269 g/mol. The predicted molar refractivity (Wildman–Crippen MR) is 67.5 cm³/mol. The van der Waals surface area contributed by atoms with Crippen molar-refractivity contribution in [3.63, 3.8) is 0 Å². The lowest BCUT2D eigenvalue weighted by Gasteiger charge is -2.04. The summed E-state index contributed by atoms with van der Waals surface area (Å²) in [5.41, 5.74) is 6.57. The first-order chi connectivity index (χ1) is 7.99. The second kappa shape index (κ2) is 4.39. The van der Waals surface area contributed by atoms with Crippen molar-refractivity contribution in [1.29, 1.82) is 0 Å². The number of anilines is 1. The molecular weight excluding hydrogens is 261 g/mol. The fraction of sp³-hybridized carbons (Fsp3) is 0.0909. The Hall–Kier alpha value is -1.52. The number of halogens is 2. The first-order valence-corrected chi connectivity index (χ1v) is 5.53. The van der Waals surface area contributed by atoms with Gasteiger partial charge in [0.15, 0.2) is 0 Å². The van der Waals surface area contributed by atoms with Crippen LogP contribution in [0.1, 0.15) is 16.1 Å². The molecule has 1 aromatic heterocycles. The van der Waals surface area contributed by atoms with E-state index in [0.29, 0.717) is 11.3 Å². The quantitative estimate of drug-likeness (QED) is 0.673. The zero-order valence-electron chi connectivity index (χ0n) is 8.95. The molecule has 1 heterocycles. The van der Waals surface area contributed by atoms with Crippen molar-refractivity contribution in [2.24, 2.45) is 7.05 Å². The minimum atomic E-state index is -0.241. The summed E-state index contributed by atoms with van der Waals surface area (Å²) in [5.74, 6) is -0.241. The Morgan fingerprint density at radius 3 is 2.41 bits per heavy atom. The molecule has 0 saturated carbocycles. The van der Waals surface area contributed by atoms with Gasteiger partial charge in [0.25, 0.3) is 0 Å². The van der Waals surface area contributed by atoms with Gasteiger partial charge in [0.2, 0.25) is 5.78 Å². The summed E-state index contributed by atoms with van der Waals surface area (Å²) in [5, 5.41) is 4.54. The summed E-state index contributed by atoms with van der Waals surface area (Å²) in [7, 11) is 1.74. The van der Waals surface area contributed by atoms with E-state index in [9.17, 15) is 4.79 Å². The van der Waals surface area contributed by atoms with E-state index in [1.165, 1.54) is 12.1 Å². The molecule has 0 spiro atoms. The van der Waals surface area contributed by atoms with Crippen molar-refractivity contribution in [1.82, 2.24) is 9.78 Å². The molecule has 2 N–H and O–H groups in total. The minimum absolute atomic E-state index is 0.241. The molecule has 0 amide bonds. The summed E-state index contributed by atoms with van der Waals surface area (Å²) in [6.45, 7) is 0. The Morgan fingerprint density at radius 1 is 1.35 bits per heavy atom. The lowest BCUT2D eigenvalue weighted by molar-refractivity contribution is 0.103. The van der Waals surface area contributed by atoms with Gasteiger partial charge >= 0.3 is 0 Å². The molecule has 0 aliphatic carbocycles. The van der Waals surface area contributed by atoms with Gasteiger partial charge in [-0.05, 0) is 18.2 Å². The minimum Gasteiger partial charge on any atom is -0.396 e. The van der Waals surface area contributed by atoms with E-state index in [0.717, 1.165) is 0 Å². The molecule has 0 atom stereocenters. The van der Waals surface area contributed by atoms with Crippen LogP contribution < -0.4 is 5.73 Å². The smallest absolute Gasteiger partial charge is 0.213 e. The maximum Gasteiger partial charge on any atom is 0.213 e. The number of aryl methyl sites for hydroxylation is 1. The predicted octanol–water partition coefficient (Wildman–Crippen LogP) is 2.54. The van der Waals surface area contributed by atoms with E-state index in [1.807, 2.05) is 0 Å². The zero-order chi connectivity index (χ0) is 12.6. The molecule has 1 aromatic carbocycles. The molecule has 4 nitrogen and oxygen atoms in total. The molecule has 0 unspecified atom stereocenters. The highest BCUT2D eigenvalue weighted by Crippen LogP contribution is 2.29. The maximum absolute atomic E-state index is 12.0. The number of rotatable bonds is 2. The first-order valence-electron chi connectivity index (χ1n) is 4.78. The van der Waals surface area contributed by atoms with Crippen molar-refractivity contribution in [2.45, 2.75) is 0 Å². The number of hydrogen-bond donors (Lipinski definition) is 1. The van der Waals surface area contributed by atoms with Crippen molar-refractivity contribution < 1.29 is 4.79 Å². The number of aromatic nitrogens is 2. The Balaban J connectivity index is 2.44. The molecule has 6 heteroatoms. The highest BCUT2D eigenvalue weighted by Gasteiger charge is 2.15. The van der Waals surface area contributed by atoms with Crippen LogP contribution in [0, 0.1) is 0 Å². The van der Waals surface area contributed by atoms with Crippen LogP contribution in [-0.4, -0.2) is 15.6 Å². The Kier molecular flexibility index (Phi) is 3.09. The Labute approximate surface area is 108 Å². The number of benzene rings is 1. The third-order valence-electron chi connectivity index (χ3n) is 2.29. The van der Waals surface area contributed by atoms with Gasteiger partial charge in [-0.2, -0.15) is 5.10 Å². The lowest BCUT2D eigenvalue weighted by atomic mass is 10.1. The van der Waals surface area contributed by atoms with Crippen LogP contribution in [0.2, 0.25) is 10.0 Å². The van der Waals surface area contributed by atoms with Gasteiger partial charge in [0, 0.05) is 18.8 Å². The topological polar surface area (TPSA) is 60.9 Å². The molecule has 88 valence electrons. The SMILES string of the molecule is Cn1ccc(C(=O)c2cc(Cl)c(N)c(Cl)c2)n1. The van der Waals surface area contributed by atoms with Gasteiger partial charge in [0.05, 0.1) is 15.7 Å². The number of nitrogen functional groups attached to an aromatic ring is 1. The summed E-state index contributed by atoms with van der Waals surface area (Å²) < 4.78 is 1.55. The highest BCUT2D eigenvalue weighted by atomic mass is 35.5. The molecule has 0 aliphatic rings. The average molecular weight is 270 g/mol. The van der Waals surface area contributed by atoms with Gasteiger partial charge in [-0.25, -0.2) is 0 Å².